The fraction of sp³-hybridized carbons (Fsp3) is 0.167. The van der Waals surface area contributed by atoms with E-state index in [1.54, 1.807) is 53.6 Å². The zero-order valence-electron chi connectivity index (χ0n) is 20.7. The molecule has 2 aliphatic rings. The minimum Gasteiger partial charge on any atom is -0.353 e. The minimum atomic E-state index is -1.56. The van der Waals surface area contributed by atoms with Crippen LogP contribution in [0, 0.1) is 0 Å². The van der Waals surface area contributed by atoms with Gasteiger partial charge in [0.2, 0.25) is 0 Å². The van der Waals surface area contributed by atoms with Crippen LogP contribution in [0.2, 0.25) is 0 Å². The van der Waals surface area contributed by atoms with Crippen molar-refractivity contribution in [1.29, 1.82) is 0 Å². The summed E-state index contributed by atoms with van der Waals surface area (Å²) in [5.74, 6) is 0.569. The number of hydrogen-bond donors (Lipinski definition) is 0. The first-order chi connectivity index (χ1) is 18.6. The highest BCUT2D eigenvalue weighted by Gasteiger charge is 2.32. The fourth-order valence-electron chi connectivity index (χ4n) is 4.98. The van der Waals surface area contributed by atoms with Crippen molar-refractivity contribution < 1.29 is 13.8 Å². The van der Waals surface area contributed by atoms with Gasteiger partial charge in [-0.25, -0.2) is 9.19 Å². The molecule has 1 atom stereocenters. The lowest BCUT2D eigenvalue weighted by Crippen LogP contribution is -2.49. The van der Waals surface area contributed by atoms with E-state index in [1.807, 2.05) is 53.4 Å². The van der Waals surface area contributed by atoms with Gasteiger partial charge in [-0.05, 0) is 48.0 Å². The number of benzene rings is 3. The molecule has 3 heterocycles. The van der Waals surface area contributed by atoms with Crippen molar-refractivity contribution in [1.82, 2.24) is 9.88 Å². The molecule has 1 aromatic heterocycles. The second-order valence-corrected chi connectivity index (χ2v) is 10.7. The Bertz CT molecular complexity index is 1520. The fourth-order valence-corrected chi connectivity index (χ4v) is 6.33. The van der Waals surface area contributed by atoms with E-state index >= 15 is 0 Å². The van der Waals surface area contributed by atoms with Crippen molar-refractivity contribution in [3.63, 3.8) is 0 Å². The molecule has 8 heteroatoms. The molecule has 0 spiro atoms. The monoisotopic (exact) mass is 522 g/mol. The Kier molecular flexibility index (Phi) is 6.47. The second-order valence-electron chi connectivity index (χ2n) is 9.29. The number of pyridine rings is 1. The molecule has 2 amide bonds. The zero-order valence-corrected chi connectivity index (χ0v) is 21.5. The Labute approximate surface area is 223 Å². The lowest BCUT2D eigenvalue weighted by molar-refractivity contribution is 0.0746. The molecule has 0 radical (unpaired) electrons. The van der Waals surface area contributed by atoms with Crippen LogP contribution >= 0.6 is 0 Å². The SMILES string of the molecule is O=C(c1ccc2c(c1)N(Cc1ccccc1)C(=O)c1ccccc1S2=O)N1CCN(c2ccccn2)CC1. The van der Waals surface area contributed by atoms with Crippen LogP contribution in [0.5, 0.6) is 0 Å². The Morgan fingerprint density at radius 1 is 0.816 bits per heavy atom. The number of piperazine rings is 1. The first kappa shape index (κ1) is 24.1. The number of aromatic nitrogens is 1. The van der Waals surface area contributed by atoms with Gasteiger partial charge in [0.25, 0.3) is 11.8 Å². The maximum Gasteiger partial charge on any atom is 0.259 e. The van der Waals surface area contributed by atoms with Crippen LogP contribution < -0.4 is 9.80 Å². The van der Waals surface area contributed by atoms with E-state index in [0.717, 1.165) is 11.4 Å². The van der Waals surface area contributed by atoms with E-state index in [1.165, 1.54) is 0 Å². The third-order valence-corrected chi connectivity index (χ3v) is 8.48. The molecule has 1 unspecified atom stereocenters. The largest absolute Gasteiger partial charge is 0.353 e. The number of fused-ring (bicyclic) bond motifs is 2. The van der Waals surface area contributed by atoms with Gasteiger partial charge in [-0.15, -0.1) is 0 Å². The summed E-state index contributed by atoms with van der Waals surface area (Å²) in [6, 6.07) is 27.7. The van der Waals surface area contributed by atoms with Gasteiger partial charge in [-0.1, -0.05) is 48.5 Å². The van der Waals surface area contributed by atoms with Gasteiger partial charge in [-0.2, -0.15) is 0 Å². The Morgan fingerprint density at radius 2 is 1.55 bits per heavy atom. The number of carbonyl (C=O) groups is 2. The van der Waals surface area contributed by atoms with Gasteiger partial charge in [-0.3, -0.25) is 9.59 Å². The average molecular weight is 523 g/mol. The summed E-state index contributed by atoms with van der Waals surface area (Å²) in [6.45, 7) is 2.81. The maximum atomic E-state index is 13.8. The summed E-state index contributed by atoms with van der Waals surface area (Å²) in [7, 11) is -1.56. The third-order valence-electron chi connectivity index (χ3n) is 6.98. The molecule has 38 heavy (non-hydrogen) atoms. The second kappa shape index (κ2) is 10.2. The van der Waals surface area contributed by atoms with Gasteiger partial charge in [0.15, 0.2) is 0 Å². The summed E-state index contributed by atoms with van der Waals surface area (Å²) < 4.78 is 13.7. The topological polar surface area (TPSA) is 73.8 Å². The third kappa shape index (κ3) is 4.48. The number of carbonyl (C=O) groups excluding carboxylic acids is 2. The van der Waals surface area contributed by atoms with E-state index in [2.05, 4.69) is 9.88 Å². The van der Waals surface area contributed by atoms with Crippen LogP contribution in [0.3, 0.4) is 0 Å². The normalized spacial score (nSPS) is 17.0. The van der Waals surface area contributed by atoms with Crippen LogP contribution in [0.15, 0.2) is 107 Å². The summed E-state index contributed by atoms with van der Waals surface area (Å²) in [5, 5.41) is 0. The molecular formula is C30H26N4O3S. The van der Waals surface area contributed by atoms with Crippen molar-refractivity contribution in [3.8, 4) is 0 Å². The quantitative estimate of drug-likeness (QED) is 0.398. The van der Waals surface area contributed by atoms with Gasteiger partial charge < -0.3 is 14.7 Å². The van der Waals surface area contributed by atoms with Crippen LogP contribution in [0.25, 0.3) is 0 Å². The Hall–Kier alpha value is -4.30. The number of hydrogen-bond acceptors (Lipinski definition) is 5. The molecule has 4 aromatic rings. The molecule has 1 fully saturated rings. The van der Waals surface area contributed by atoms with Crippen molar-refractivity contribution in [2.45, 2.75) is 16.3 Å². The van der Waals surface area contributed by atoms with Crippen LogP contribution in [-0.4, -0.2) is 52.1 Å². The van der Waals surface area contributed by atoms with E-state index in [0.29, 0.717) is 59.3 Å². The van der Waals surface area contributed by atoms with Gasteiger partial charge in [0.1, 0.15) is 5.82 Å². The van der Waals surface area contributed by atoms with E-state index in [4.69, 9.17) is 0 Å². The average Bonchev–Trinajstić information content (AvgIpc) is 3.07. The molecule has 2 aliphatic heterocycles. The Balaban J connectivity index is 1.33. The summed E-state index contributed by atoms with van der Waals surface area (Å²) in [5.41, 5.74) is 2.34. The first-order valence-corrected chi connectivity index (χ1v) is 13.7. The lowest BCUT2D eigenvalue weighted by atomic mass is 10.1. The van der Waals surface area contributed by atoms with Crippen molar-refractivity contribution in [2.75, 3.05) is 36.0 Å². The molecule has 6 rings (SSSR count). The summed E-state index contributed by atoms with van der Waals surface area (Å²) in [6.07, 6.45) is 1.77. The van der Waals surface area contributed by atoms with Gasteiger partial charge in [0, 0.05) is 37.9 Å². The molecule has 3 aromatic carbocycles. The standard InChI is InChI=1S/C30H26N4O3S/c35-29(33-18-16-32(17-19-33)28-12-6-7-15-31-28)23-13-14-27-25(20-23)34(21-22-8-2-1-3-9-22)30(36)24-10-4-5-11-26(24)38(27)37/h1-15,20H,16-19,21H2. The Morgan fingerprint density at radius 3 is 2.32 bits per heavy atom. The number of rotatable bonds is 4. The maximum absolute atomic E-state index is 13.8. The van der Waals surface area contributed by atoms with E-state index in [-0.39, 0.29) is 11.8 Å². The van der Waals surface area contributed by atoms with Gasteiger partial charge >= 0.3 is 0 Å². The number of amides is 2. The molecule has 0 aliphatic carbocycles. The van der Waals surface area contributed by atoms with Crippen LogP contribution in [0.1, 0.15) is 26.3 Å². The highest BCUT2D eigenvalue weighted by atomic mass is 32.2. The molecule has 0 saturated carbocycles. The molecule has 0 N–H and O–H groups in total. The predicted molar refractivity (Wildman–Crippen MR) is 147 cm³/mol. The summed E-state index contributed by atoms with van der Waals surface area (Å²) in [4.78, 5) is 38.4. The van der Waals surface area contributed by atoms with Crippen molar-refractivity contribution in [3.05, 3.63) is 114 Å². The van der Waals surface area contributed by atoms with Crippen molar-refractivity contribution >= 4 is 34.1 Å². The minimum absolute atomic E-state index is 0.104. The first-order valence-electron chi connectivity index (χ1n) is 12.6. The number of nitrogens with zero attached hydrogens (tertiary/aromatic N) is 4. The van der Waals surface area contributed by atoms with Crippen LogP contribution in [0.4, 0.5) is 11.5 Å². The zero-order chi connectivity index (χ0) is 26.1. The lowest BCUT2D eigenvalue weighted by Gasteiger charge is -2.35. The molecular weight excluding hydrogens is 496 g/mol. The molecule has 7 nitrogen and oxygen atoms in total. The van der Waals surface area contributed by atoms with Crippen molar-refractivity contribution in [2.24, 2.45) is 0 Å². The molecule has 190 valence electrons. The smallest absolute Gasteiger partial charge is 0.259 e. The summed E-state index contributed by atoms with van der Waals surface area (Å²) >= 11 is 0. The highest BCUT2D eigenvalue weighted by Crippen LogP contribution is 2.36. The predicted octanol–water partition coefficient (Wildman–Crippen LogP) is 4.37. The number of anilines is 2. The van der Waals surface area contributed by atoms with Gasteiger partial charge in [0.05, 0.1) is 38.4 Å². The van der Waals surface area contributed by atoms with Crippen LogP contribution in [-0.2, 0) is 17.3 Å². The van der Waals surface area contributed by atoms with E-state index in [9.17, 15) is 13.8 Å². The highest BCUT2D eigenvalue weighted by molar-refractivity contribution is 7.85. The van der Waals surface area contributed by atoms with E-state index < -0.39 is 10.8 Å². The molecule has 1 saturated heterocycles. The molecule has 0 bridgehead atoms.